The molecule has 5 heteroatoms. The van der Waals surface area contributed by atoms with Crippen molar-refractivity contribution in [2.45, 2.75) is 77.8 Å². The Kier molecular flexibility index (Phi) is 8.14. The number of nitrogens with zero attached hydrogens (tertiary/aromatic N) is 2. The second kappa shape index (κ2) is 10.1. The Bertz CT molecular complexity index is 491. The fraction of sp³-hybridized carbons (Fsp3) is 0.810. The smallest absolute Gasteiger partial charge is 0.239 e. The second-order valence-corrected chi connectivity index (χ2v) is 8.14. The molecule has 5 nitrogen and oxygen atoms in total. The van der Waals surface area contributed by atoms with E-state index in [1.165, 1.54) is 19.3 Å². The number of amides is 2. The summed E-state index contributed by atoms with van der Waals surface area (Å²) in [6.45, 7) is 13.0. The van der Waals surface area contributed by atoms with E-state index in [4.69, 9.17) is 0 Å². The fourth-order valence-electron chi connectivity index (χ4n) is 4.21. The molecule has 1 saturated carbocycles. The molecule has 1 unspecified atom stereocenters. The molecule has 1 atom stereocenters. The standard InChI is InChI=1S/C21H37N3O2/c1-5-23(15-16(2)3)21(26)17(4)24-13-11-19(12-14-24)22-20(25)18-9-7-6-8-10-18/h17-19H,2,5-15H2,1,3-4H3,(H,22,25). The average molecular weight is 364 g/mol. The summed E-state index contributed by atoms with van der Waals surface area (Å²) < 4.78 is 0. The van der Waals surface area contributed by atoms with Crippen LogP contribution < -0.4 is 5.32 Å². The highest BCUT2D eigenvalue weighted by molar-refractivity contribution is 5.81. The minimum Gasteiger partial charge on any atom is -0.353 e. The lowest BCUT2D eigenvalue weighted by atomic mass is 9.88. The quantitative estimate of drug-likeness (QED) is 0.708. The molecule has 0 aromatic heterocycles. The van der Waals surface area contributed by atoms with E-state index >= 15 is 0 Å². The van der Waals surface area contributed by atoms with Crippen LogP contribution in [0.1, 0.15) is 65.7 Å². The first-order chi connectivity index (χ1) is 12.4. The van der Waals surface area contributed by atoms with Crippen LogP contribution in [0.5, 0.6) is 0 Å². The van der Waals surface area contributed by atoms with Gasteiger partial charge in [-0.1, -0.05) is 31.4 Å². The van der Waals surface area contributed by atoms with Gasteiger partial charge in [0.05, 0.1) is 6.04 Å². The van der Waals surface area contributed by atoms with Crippen molar-refractivity contribution in [3.8, 4) is 0 Å². The molecule has 148 valence electrons. The van der Waals surface area contributed by atoms with Crippen molar-refractivity contribution in [3.63, 3.8) is 0 Å². The maximum Gasteiger partial charge on any atom is 0.239 e. The molecule has 0 aromatic carbocycles. The van der Waals surface area contributed by atoms with Gasteiger partial charge in [0.1, 0.15) is 0 Å². The number of rotatable bonds is 7. The number of nitrogens with one attached hydrogen (secondary N) is 1. The van der Waals surface area contributed by atoms with Gasteiger partial charge in [-0.05, 0) is 46.5 Å². The summed E-state index contributed by atoms with van der Waals surface area (Å²) in [5.74, 6) is 0.661. The minimum absolute atomic E-state index is 0.107. The largest absolute Gasteiger partial charge is 0.353 e. The minimum atomic E-state index is -0.107. The van der Waals surface area contributed by atoms with Crippen molar-refractivity contribution < 1.29 is 9.59 Å². The lowest BCUT2D eigenvalue weighted by Gasteiger charge is -2.38. The fourth-order valence-corrected chi connectivity index (χ4v) is 4.21. The van der Waals surface area contributed by atoms with Crippen LogP contribution in [0, 0.1) is 5.92 Å². The number of carbonyl (C=O) groups is 2. The van der Waals surface area contributed by atoms with Gasteiger partial charge < -0.3 is 10.2 Å². The Morgan fingerprint density at radius 1 is 1.15 bits per heavy atom. The molecule has 2 fully saturated rings. The highest BCUT2D eigenvalue weighted by Crippen LogP contribution is 2.24. The Balaban J connectivity index is 1.78. The normalized spacial score (nSPS) is 21.2. The number of likely N-dealkylation sites (tertiary alicyclic amines) is 1. The molecule has 1 saturated heterocycles. The zero-order chi connectivity index (χ0) is 19.1. The number of likely N-dealkylation sites (N-methyl/N-ethyl adjacent to an activating group) is 1. The van der Waals surface area contributed by atoms with E-state index in [2.05, 4.69) is 16.8 Å². The van der Waals surface area contributed by atoms with E-state index in [0.717, 1.165) is 44.3 Å². The number of piperidine rings is 1. The van der Waals surface area contributed by atoms with E-state index in [0.29, 0.717) is 13.1 Å². The van der Waals surface area contributed by atoms with Crippen molar-refractivity contribution in [1.29, 1.82) is 0 Å². The predicted molar refractivity (Wildman–Crippen MR) is 106 cm³/mol. The van der Waals surface area contributed by atoms with Crippen molar-refractivity contribution in [2.75, 3.05) is 26.2 Å². The molecule has 2 aliphatic rings. The van der Waals surface area contributed by atoms with Crippen molar-refractivity contribution in [3.05, 3.63) is 12.2 Å². The Hall–Kier alpha value is -1.36. The van der Waals surface area contributed by atoms with Gasteiger partial charge >= 0.3 is 0 Å². The first-order valence-electron chi connectivity index (χ1n) is 10.4. The lowest BCUT2D eigenvalue weighted by Crippen LogP contribution is -2.53. The summed E-state index contributed by atoms with van der Waals surface area (Å²) in [5.41, 5.74) is 1.01. The van der Waals surface area contributed by atoms with E-state index in [1.807, 2.05) is 25.7 Å². The predicted octanol–water partition coefficient (Wildman–Crippen LogP) is 2.96. The third-order valence-corrected chi connectivity index (χ3v) is 5.91. The molecule has 0 spiro atoms. The molecule has 2 rings (SSSR count). The number of carbonyl (C=O) groups excluding carboxylic acids is 2. The van der Waals surface area contributed by atoms with Crippen LogP contribution in [0.3, 0.4) is 0 Å². The van der Waals surface area contributed by atoms with Gasteiger partial charge in [0, 0.05) is 38.1 Å². The molecule has 0 radical (unpaired) electrons. The van der Waals surface area contributed by atoms with Gasteiger partial charge in [-0.3, -0.25) is 14.5 Å². The highest BCUT2D eigenvalue weighted by Gasteiger charge is 2.30. The third kappa shape index (κ3) is 5.83. The zero-order valence-electron chi connectivity index (χ0n) is 16.9. The van der Waals surface area contributed by atoms with Gasteiger partial charge in [0.25, 0.3) is 0 Å². The van der Waals surface area contributed by atoms with Gasteiger partial charge in [-0.15, -0.1) is 0 Å². The van der Waals surface area contributed by atoms with E-state index < -0.39 is 0 Å². The molecule has 1 heterocycles. The Morgan fingerprint density at radius 3 is 2.31 bits per heavy atom. The van der Waals surface area contributed by atoms with E-state index in [9.17, 15) is 9.59 Å². The third-order valence-electron chi connectivity index (χ3n) is 5.91. The molecule has 26 heavy (non-hydrogen) atoms. The lowest BCUT2D eigenvalue weighted by molar-refractivity contribution is -0.136. The summed E-state index contributed by atoms with van der Waals surface area (Å²) >= 11 is 0. The SMILES string of the molecule is C=C(C)CN(CC)C(=O)C(C)N1CCC(NC(=O)C2CCCCC2)CC1. The van der Waals surface area contributed by atoms with Gasteiger partial charge in [-0.25, -0.2) is 0 Å². The summed E-state index contributed by atoms with van der Waals surface area (Å²) in [4.78, 5) is 29.3. The van der Waals surface area contributed by atoms with Crippen LogP contribution in [0.4, 0.5) is 0 Å². The highest BCUT2D eigenvalue weighted by atomic mass is 16.2. The summed E-state index contributed by atoms with van der Waals surface area (Å²) in [5, 5.41) is 3.26. The van der Waals surface area contributed by atoms with Crippen molar-refractivity contribution >= 4 is 11.8 Å². The molecule has 1 aliphatic heterocycles. The van der Waals surface area contributed by atoms with Crippen LogP contribution in [0.2, 0.25) is 0 Å². The van der Waals surface area contributed by atoms with Gasteiger partial charge in [0.2, 0.25) is 11.8 Å². The molecule has 1 aliphatic carbocycles. The van der Waals surface area contributed by atoms with Crippen LogP contribution in [-0.4, -0.2) is 59.9 Å². The number of hydrogen-bond acceptors (Lipinski definition) is 3. The molecule has 2 amide bonds. The topological polar surface area (TPSA) is 52.7 Å². The van der Waals surface area contributed by atoms with Crippen LogP contribution in [-0.2, 0) is 9.59 Å². The van der Waals surface area contributed by atoms with E-state index in [1.54, 1.807) is 0 Å². The molecular formula is C21H37N3O2. The molecule has 0 bridgehead atoms. The second-order valence-electron chi connectivity index (χ2n) is 8.14. The monoisotopic (exact) mass is 363 g/mol. The van der Waals surface area contributed by atoms with E-state index in [-0.39, 0.29) is 29.8 Å². The first-order valence-corrected chi connectivity index (χ1v) is 10.4. The average Bonchev–Trinajstić information content (AvgIpc) is 2.66. The zero-order valence-corrected chi connectivity index (χ0v) is 16.9. The summed E-state index contributed by atoms with van der Waals surface area (Å²) in [7, 11) is 0. The van der Waals surface area contributed by atoms with Crippen molar-refractivity contribution in [2.24, 2.45) is 5.92 Å². The maximum atomic E-state index is 12.7. The molecule has 1 N–H and O–H groups in total. The molecule has 0 aromatic rings. The van der Waals surface area contributed by atoms with Crippen LogP contribution in [0.15, 0.2) is 12.2 Å². The molecular weight excluding hydrogens is 326 g/mol. The Morgan fingerprint density at radius 2 is 1.77 bits per heavy atom. The van der Waals surface area contributed by atoms with Crippen LogP contribution >= 0.6 is 0 Å². The first kappa shape index (κ1) is 20.9. The number of hydrogen-bond donors (Lipinski definition) is 1. The summed E-state index contributed by atoms with van der Waals surface area (Å²) in [6.07, 6.45) is 7.61. The van der Waals surface area contributed by atoms with Gasteiger partial charge in [-0.2, -0.15) is 0 Å². The summed E-state index contributed by atoms with van der Waals surface area (Å²) in [6, 6.07) is 0.157. The van der Waals surface area contributed by atoms with Crippen LogP contribution in [0.25, 0.3) is 0 Å². The Labute approximate surface area is 159 Å². The van der Waals surface area contributed by atoms with Gasteiger partial charge in [0.15, 0.2) is 0 Å². The maximum absolute atomic E-state index is 12.7. The van der Waals surface area contributed by atoms with Crippen molar-refractivity contribution in [1.82, 2.24) is 15.1 Å².